The van der Waals surface area contributed by atoms with Crippen LogP contribution in [0.25, 0.3) is 11.0 Å². The summed E-state index contributed by atoms with van der Waals surface area (Å²) in [5.41, 5.74) is 2.50. The van der Waals surface area contributed by atoms with Crippen molar-refractivity contribution in [3.63, 3.8) is 0 Å². The number of benzene rings is 1. The molecule has 0 saturated carbocycles. The van der Waals surface area contributed by atoms with Crippen molar-refractivity contribution in [2.45, 2.75) is 20.3 Å². The maximum absolute atomic E-state index is 11.3. The Bertz CT molecular complexity index is 788. The number of hydrogen-bond donors (Lipinski definition) is 2. The van der Waals surface area contributed by atoms with Crippen LogP contribution in [0.1, 0.15) is 33.1 Å². The summed E-state index contributed by atoms with van der Waals surface area (Å²) in [6, 6.07) is 3.36. The van der Waals surface area contributed by atoms with Crippen LogP contribution in [0.5, 0.6) is 0 Å². The maximum Gasteiger partial charge on any atom is 0.339 e. The van der Waals surface area contributed by atoms with Crippen LogP contribution in [0.4, 0.5) is 0 Å². The number of H-pyrrole nitrogens is 1. The molecule has 20 heavy (non-hydrogen) atoms. The highest BCUT2D eigenvalue weighted by Crippen LogP contribution is 2.31. The number of rotatable bonds is 3. The molecule has 3 aromatic rings. The average molecular weight is 271 g/mol. The van der Waals surface area contributed by atoms with Gasteiger partial charge in [0.2, 0.25) is 0 Å². The zero-order chi connectivity index (χ0) is 14.3. The van der Waals surface area contributed by atoms with Gasteiger partial charge in [-0.25, -0.2) is 9.78 Å². The van der Waals surface area contributed by atoms with Crippen molar-refractivity contribution >= 4 is 16.9 Å². The van der Waals surface area contributed by atoms with E-state index in [9.17, 15) is 9.90 Å². The minimum atomic E-state index is -0.992. The fraction of sp³-hybridized carbons (Fsp3) is 0.214. The van der Waals surface area contributed by atoms with Crippen LogP contribution in [0.15, 0.2) is 22.9 Å². The number of aromatic amines is 1. The second kappa shape index (κ2) is 4.48. The molecule has 0 bridgehead atoms. The third-order valence-corrected chi connectivity index (χ3v) is 3.45. The Balaban J connectivity index is 2.23. The summed E-state index contributed by atoms with van der Waals surface area (Å²) in [5, 5.41) is 16.8. The molecule has 0 radical (unpaired) electrons. The van der Waals surface area contributed by atoms with Crippen LogP contribution in [-0.2, 0) is 6.42 Å². The number of hydrogen-bond acceptors (Lipinski definition) is 4. The first-order valence-corrected chi connectivity index (χ1v) is 6.17. The van der Waals surface area contributed by atoms with Crippen molar-refractivity contribution in [3.05, 3.63) is 46.7 Å². The van der Waals surface area contributed by atoms with E-state index < -0.39 is 5.97 Å². The van der Waals surface area contributed by atoms with E-state index in [1.807, 2.05) is 13.8 Å². The van der Waals surface area contributed by atoms with Crippen molar-refractivity contribution < 1.29 is 14.3 Å². The van der Waals surface area contributed by atoms with Crippen LogP contribution >= 0.6 is 0 Å². The van der Waals surface area contributed by atoms with Crippen molar-refractivity contribution in [2.24, 2.45) is 0 Å². The third-order valence-electron chi connectivity index (χ3n) is 3.45. The summed E-state index contributed by atoms with van der Waals surface area (Å²) in [6.45, 7) is 3.76. The molecule has 0 aliphatic heterocycles. The van der Waals surface area contributed by atoms with Crippen LogP contribution < -0.4 is 0 Å². The Labute approximate surface area is 114 Å². The van der Waals surface area contributed by atoms with Gasteiger partial charge in [-0.3, -0.25) is 5.10 Å². The minimum Gasteiger partial charge on any atom is -0.478 e. The smallest absolute Gasteiger partial charge is 0.339 e. The molecule has 6 nitrogen and oxygen atoms in total. The molecule has 2 heterocycles. The Kier molecular flexibility index (Phi) is 2.78. The summed E-state index contributed by atoms with van der Waals surface area (Å²) < 4.78 is 5.62. The minimum absolute atomic E-state index is 0.176. The van der Waals surface area contributed by atoms with Gasteiger partial charge in [0.25, 0.3) is 0 Å². The van der Waals surface area contributed by atoms with E-state index >= 15 is 0 Å². The van der Waals surface area contributed by atoms with Gasteiger partial charge in [0.1, 0.15) is 23.2 Å². The van der Waals surface area contributed by atoms with Gasteiger partial charge in [0.05, 0.1) is 0 Å². The number of aromatic nitrogens is 3. The number of carbonyl (C=O) groups is 1. The zero-order valence-electron chi connectivity index (χ0n) is 11.1. The van der Waals surface area contributed by atoms with E-state index in [1.165, 1.54) is 6.33 Å². The molecule has 1 aromatic carbocycles. The van der Waals surface area contributed by atoms with E-state index in [-0.39, 0.29) is 5.56 Å². The molecule has 0 saturated heterocycles. The SMILES string of the molecule is Cc1oc2c(C(=O)O)ccc(Cc3nc[nH]n3)c2c1C. The number of nitrogens with one attached hydrogen (secondary N) is 1. The Morgan fingerprint density at radius 3 is 2.85 bits per heavy atom. The van der Waals surface area contributed by atoms with Crippen LogP contribution in [-0.4, -0.2) is 26.3 Å². The largest absolute Gasteiger partial charge is 0.478 e. The van der Waals surface area contributed by atoms with Gasteiger partial charge in [-0.1, -0.05) is 6.07 Å². The molecule has 102 valence electrons. The predicted octanol–water partition coefficient (Wildman–Crippen LogP) is 2.46. The Hall–Kier alpha value is -2.63. The van der Waals surface area contributed by atoms with Gasteiger partial charge in [-0.15, -0.1) is 0 Å². The van der Waals surface area contributed by atoms with Gasteiger partial charge < -0.3 is 9.52 Å². The van der Waals surface area contributed by atoms with Crippen molar-refractivity contribution in [1.29, 1.82) is 0 Å². The van der Waals surface area contributed by atoms with Crippen LogP contribution in [0.2, 0.25) is 0 Å². The lowest BCUT2D eigenvalue weighted by Crippen LogP contribution is -1.99. The van der Waals surface area contributed by atoms with E-state index in [0.29, 0.717) is 17.8 Å². The first-order chi connectivity index (χ1) is 9.58. The standard InChI is InChI=1S/C14H13N3O3/c1-7-8(2)20-13-10(14(18)19)4-3-9(12(7)13)5-11-15-6-16-17-11/h3-4,6H,5H2,1-2H3,(H,18,19)(H,15,16,17). The molecular formula is C14H13N3O3. The monoisotopic (exact) mass is 271 g/mol. The lowest BCUT2D eigenvalue weighted by molar-refractivity contribution is 0.0698. The van der Waals surface area contributed by atoms with Gasteiger partial charge in [-0.05, 0) is 31.0 Å². The summed E-state index contributed by atoms with van der Waals surface area (Å²) in [5.74, 6) is 0.394. The molecule has 0 unspecified atom stereocenters. The summed E-state index contributed by atoms with van der Waals surface area (Å²) >= 11 is 0. The normalized spacial score (nSPS) is 11.1. The zero-order valence-corrected chi connectivity index (χ0v) is 11.1. The Morgan fingerprint density at radius 2 is 2.20 bits per heavy atom. The predicted molar refractivity (Wildman–Crippen MR) is 71.8 cm³/mol. The molecule has 6 heteroatoms. The van der Waals surface area contributed by atoms with Crippen molar-refractivity contribution in [3.8, 4) is 0 Å². The van der Waals surface area contributed by atoms with E-state index in [2.05, 4.69) is 15.2 Å². The van der Waals surface area contributed by atoms with Gasteiger partial charge in [-0.2, -0.15) is 5.10 Å². The fourth-order valence-corrected chi connectivity index (χ4v) is 2.35. The molecule has 2 N–H and O–H groups in total. The van der Waals surface area contributed by atoms with Crippen molar-refractivity contribution in [2.75, 3.05) is 0 Å². The number of aromatic carboxylic acids is 1. The second-order valence-corrected chi connectivity index (χ2v) is 4.66. The molecule has 0 aliphatic carbocycles. The molecule has 0 aliphatic rings. The highest BCUT2D eigenvalue weighted by atomic mass is 16.4. The number of carboxylic acids is 1. The average Bonchev–Trinajstić information content (AvgIpc) is 2.99. The molecule has 0 atom stereocenters. The summed E-state index contributed by atoms with van der Waals surface area (Å²) in [6.07, 6.45) is 2.05. The number of carboxylic acid groups (broad SMARTS) is 1. The third kappa shape index (κ3) is 1.85. The van der Waals surface area contributed by atoms with E-state index in [1.54, 1.807) is 12.1 Å². The van der Waals surface area contributed by atoms with Gasteiger partial charge in [0.15, 0.2) is 5.82 Å². The van der Waals surface area contributed by atoms with Crippen LogP contribution in [0.3, 0.4) is 0 Å². The summed E-state index contributed by atoms with van der Waals surface area (Å²) in [7, 11) is 0. The number of fused-ring (bicyclic) bond motifs is 1. The number of aryl methyl sites for hydroxylation is 2. The number of nitrogens with zero attached hydrogens (tertiary/aromatic N) is 2. The first-order valence-electron chi connectivity index (χ1n) is 6.17. The van der Waals surface area contributed by atoms with E-state index in [0.717, 1.165) is 22.3 Å². The number of furan rings is 1. The maximum atomic E-state index is 11.3. The highest BCUT2D eigenvalue weighted by molar-refractivity contribution is 6.03. The first kappa shape index (κ1) is 12.4. The molecule has 0 amide bonds. The second-order valence-electron chi connectivity index (χ2n) is 4.66. The molecule has 2 aromatic heterocycles. The summed E-state index contributed by atoms with van der Waals surface area (Å²) in [4.78, 5) is 15.4. The Morgan fingerprint density at radius 1 is 1.40 bits per heavy atom. The van der Waals surface area contributed by atoms with Gasteiger partial charge >= 0.3 is 5.97 Å². The topological polar surface area (TPSA) is 92.0 Å². The van der Waals surface area contributed by atoms with Crippen molar-refractivity contribution in [1.82, 2.24) is 15.2 Å². The van der Waals surface area contributed by atoms with Crippen LogP contribution in [0, 0.1) is 13.8 Å². The fourth-order valence-electron chi connectivity index (χ4n) is 2.35. The van der Waals surface area contributed by atoms with E-state index in [4.69, 9.17) is 4.42 Å². The lowest BCUT2D eigenvalue weighted by Gasteiger charge is -2.03. The quantitative estimate of drug-likeness (QED) is 0.763. The molecule has 0 spiro atoms. The lowest BCUT2D eigenvalue weighted by atomic mass is 10.00. The highest BCUT2D eigenvalue weighted by Gasteiger charge is 2.19. The van der Waals surface area contributed by atoms with Gasteiger partial charge in [0, 0.05) is 11.8 Å². The molecule has 0 fully saturated rings. The molecular weight excluding hydrogens is 258 g/mol. The molecule has 3 rings (SSSR count).